The summed E-state index contributed by atoms with van der Waals surface area (Å²) in [6.45, 7) is 4.32. The van der Waals surface area contributed by atoms with Gasteiger partial charge in [-0.05, 0) is 6.92 Å². The van der Waals surface area contributed by atoms with E-state index in [1.54, 1.807) is 13.8 Å². The second kappa shape index (κ2) is 6.43. The molecule has 0 spiro atoms. The summed E-state index contributed by atoms with van der Waals surface area (Å²) in [5.74, 6) is 0.0224. The molecule has 6 nitrogen and oxygen atoms in total. The molecule has 0 saturated carbocycles. The van der Waals surface area contributed by atoms with Crippen LogP contribution < -0.4 is 5.32 Å². The van der Waals surface area contributed by atoms with Crippen LogP contribution in [-0.2, 0) is 9.53 Å². The highest BCUT2D eigenvalue weighted by Crippen LogP contribution is 2.04. The molecular formula is C11H14N4O2. The van der Waals surface area contributed by atoms with Crippen molar-refractivity contribution >= 4 is 11.8 Å². The van der Waals surface area contributed by atoms with Crippen LogP contribution in [0.25, 0.3) is 0 Å². The SMILES string of the molecule is CCOC(=O)C(C)CNc1cnc(C#N)cn1. The first-order chi connectivity index (χ1) is 8.17. The summed E-state index contributed by atoms with van der Waals surface area (Å²) in [4.78, 5) is 19.2. The number of nitriles is 1. The minimum absolute atomic E-state index is 0.249. The topological polar surface area (TPSA) is 87.9 Å². The first-order valence-electron chi connectivity index (χ1n) is 5.30. The number of nitrogens with one attached hydrogen (secondary N) is 1. The van der Waals surface area contributed by atoms with Crippen molar-refractivity contribution in [3.05, 3.63) is 18.1 Å². The molecule has 1 atom stereocenters. The Morgan fingerprint density at radius 3 is 2.88 bits per heavy atom. The van der Waals surface area contributed by atoms with Gasteiger partial charge in [0.15, 0.2) is 5.69 Å². The summed E-state index contributed by atoms with van der Waals surface area (Å²) in [7, 11) is 0. The minimum atomic E-state index is -0.257. The lowest BCUT2D eigenvalue weighted by molar-refractivity contribution is -0.146. The van der Waals surface area contributed by atoms with E-state index in [0.717, 1.165) is 0 Å². The molecule has 0 amide bonds. The van der Waals surface area contributed by atoms with Crippen LogP contribution >= 0.6 is 0 Å². The van der Waals surface area contributed by atoms with E-state index in [-0.39, 0.29) is 17.6 Å². The molecule has 1 aromatic heterocycles. The number of aromatic nitrogens is 2. The molecule has 1 heterocycles. The van der Waals surface area contributed by atoms with Gasteiger partial charge in [0.05, 0.1) is 24.9 Å². The zero-order chi connectivity index (χ0) is 12.7. The van der Waals surface area contributed by atoms with Gasteiger partial charge in [-0.15, -0.1) is 0 Å². The molecule has 1 rings (SSSR count). The van der Waals surface area contributed by atoms with Crippen molar-refractivity contribution in [3.8, 4) is 6.07 Å². The molecule has 0 aliphatic rings. The van der Waals surface area contributed by atoms with E-state index in [2.05, 4.69) is 15.3 Å². The van der Waals surface area contributed by atoms with Gasteiger partial charge >= 0.3 is 5.97 Å². The van der Waals surface area contributed by atoms with Gasteiger partial charge in [0.1, 0.15) is 11.9 Å². The normalized spacial score (nSPS) is 11.4. The molecule has 0 bridgehead atoms. The van der Waals surface area contributed by atoms with Crippen molar-refractivity contribution in [1.29, 1.82) is 5.26 Å². The number of hydrogen-bond acceptors (Lipinski definition) is 6. The van der Waals surface area contributed by atoms with Crippen LogP contribution in [-0.4, -0.2) is 29.1 Å². The largest absolute Gasteiger partial charge is 0.466 e. The van der Waals surface area contributed by atoms with E-state index in [9.17, 15) is 4.79 Å². The summed E-state index contributed by atoms with van der Waals surface area (Å²) in [5, 5.41) is 11.5. The molecule has 17 heavy (non-hydrogen) atoms. The quantitative estimate of drug-likeness (QED) is 0.763. The molecule has 90 valence electrons. The lowest BCUT2D eigenvalue weighted by atomic mass is 10.2. The van der Waals surface area contributed by atoms with Gasteiger partial charge in [-0.25, -0.2) is 9.97 Å². The highest BCUT2D eigenvalue weighted by atomic mass is 16.5. The van der Waals surface area contributed by atoms with Gasteiger partial charge in [-0.1, -0.05) is 6.92 Å². The number of ether oxygens (including phenoxy) is 1. The summed E-state index contributed by atoms with van der Waals surface area (Å²) in [5.41, 5.74) is 0.258. The predicted octanol–water partition coefficient (Wildman–Crippen LogP) is 0.959. The van der Waals surface area contributed by atoms with Gasteiger partial charge in [0.2, 0.25) is 0 Å². The number of rotatable bonds is 5. The van der Waals surface area contributed by atoms with Crippen LogP contribution in [0.5, 0.6) is 0 Å². The average molecular weight is 234 g/mol. The van der Waals surface area contributed by atoms with Crippen LogP contribution in [0, 0.1) is 17.2 Å². The molecule has 0 aliphatic carbocycles. The minimum Gasteiger partial charge on any atom is -0.466 e. The van der Waals surface area contributed by atoms with E-state index in [4.69, 9.17) is 10.00 Å². The Hall–Kier alpha value is -2.16. The van der Waals surface area contributed by atoms with Gasteiger partial charge in [0.25, 0.3) is 0 Å². The van der Waals surface area contributed by atoms with Gasteiger partial charge in [-0.2, -0.15) is 5.26 Å². The summed E-state index contributed by atoms with van der Waals surface area (Å²) in [6.07, 6.45) is 2.83. The van der Waals surface area contributed by atoms with Crippen LogP contribution in [0.1, 0.15) is 19.5 Å². The molecule has 0 aromatic carbocycles. The maximum absolute atomic E-state index is 11.3. The summed E-state index contributed by atoms with van der Waals surface area (Å²) < 4.78 is 4.87. The van der Waals surface area contributed by atoms with Crippen molar-refractivity contribution in [2.24, 2.45) is 5.92 Å². The molecule has 0 fully saturated rings. The Kier molecular flexibility index (Phi) is 4.88. The third-order valence-electron chi connectivity index (χ3n) is 2.04. The van der Waals surface area contributed by atoms with Crippen molar-refractivity contribution in [1.82, 2.24) is 9.97 Å². The van der Waals surface area contributed by atoms with Crippen LogP contribution in [0.4, 0.5) is 5.82 Å². The first-order valence-corrected chi connectivity index (χ1v) is 5.30. The molecule has 1 unspecified atom stereocenters. The van der Waals surface area contributed by atoms with Gasteiger partial charge in [0, 0.05) is 6.54 Å². The highest BCUT2D eigenvalue weighted by molar-refractivity contribution is 5.72. The molecule has 0 aliphatic heterocycles. The molecule has 6 heteroatoms. The lowest BCUT2D eigenvalue weighted by Gasteiger charge is -2.11. The number of nitrogens with zero attached hydrogens (tertiary/aromatic N) is 3. The van der Waals surface area contributed by atoms with Crippen molar-refractivity contribution in [3.63, 3.8) is 0 Å². The molecule has 1 aromatic rings. The maximum Gasteiger partial charge on any atom is 0.310 e. The fourth-order valence-electron chi connectivity index (χ4n) is 1.10. The number of carbonyl (C=O) groups excluding carboxylic acids is 1. The summed E-state index contributed by atoms with van der Waals surface area (Å²) in [6, 6.07) is 1.88. The van der Waals surface area contributed by atoms with Crippen LogP contribution in [0.2, 0.25) is 0 Å². The van der Waals surface area contributed by atoms with Gasteiger partial charge in [-0.3, -0.25) is 4.79 Å². The second-order valence-electron chi connectivity index (χ2n) is 3.43. The Morgan fingerprint density at radius 1 is 1.59 bits per heavy atom. The van der Waals surface area contributed by atoms with Gasteiger partial charge < -0.3 is 10.1 Å². The Bertz CT molecular complexity index is 410. The zero-order valence-electron chi connectivity index (χ0n) is 9.80. The fraction of sp³-hybridized carbons (Fsp3) is 0.455. The Morgan fingerprint density at radius 2 is 2.35 bits per heavy atom. The second-order valence-corrected chi connectivity index (χ2v) is 3.43. The van der Waals surface area contributed by atoms with E-state index < -0.39 is 0 Å². The average Bonchev–Trinajstić information content (AvgIpc) is 2.36. The highest BCUT2D eigenvalue weighted by Gasteiger charge is 2.13. The lowest BCUT2D eigenvalue weighted by Crippen LogP contribution is -2.22. The smallest absolute Gasteiger partial charge is 0.310 e. The molecular weight excluding hydrogens is 220 g/mol. The number of carbonyl (C=O) groups is 1. The zero-order valence-corrected chi connectivity index (χ0v) is 9.80. The first kappa shape index (κ1) is 12.9. The van der Waals surface area contributed by atoms with E-state index in [0.29, 0.717) is 19.0 Å². The fourth-order valence-corrected chi connectivity index (χ4v) is 1.10. The van der Waals surface area contributed by atoms with E-state index in [1.807, 2.05) is 6.07 Å². The molecule has 0 saturated heterocycles. The van der Waals surface area contributed by atoms with Crippen molar-refractivity contribution in [2.45, 2.75) is 13.8 Å². The number of esters is 1. The standard InChI is InChI=1S/C11H14N4O2/c1-3-17-11(16)8(2)5-14-10-7-13-9(4-12)6-15-10/h6-8H,3,5H2,1-2H3,(H,14,15). The number of anilines is 1. The van der Waals surface area contributed by atoms with Crippen molar-refractivity contribution < 1.29 is 9.53 Å². The summed E-state index contributed by atoms with van der Waals surface area (Å²) >= 11 is 0. The Balaban J connectivity index is 2.44. The van der Waals surface area contributed by atoms with E-state index in [1.165, 1.54) is 12.4 Å². The molecule has 1 N–H and O–H groups in total. The third kappa shape index (κ3) is 4.07. The third-order valence-corrected chi connectivity index (χ3v) is 2.04. The monoisotopic (exact) mass is 234 g/mol. The van der Waals surface area contributed by atoms with E-state index >= 15 is 0 Å². The van der Waals surface area contributed by atoms with Crippen LogP contribution in [0.3, 0.4) is 0 Å². The van der Waals surface area contributed by atoms with Crippen molar-refractivity contribution in [2.75, 3.05) is 18.5 Å². The molecule has 0 radical (unpaired) electrons. The maximum atomic E-state index is 11.3. The number of hydrogen-bond donors (Lipinski definition) is 1. The van der Waals surface area contributed by atoms with Crippen LogP contribution in [0.15, 0.2) is 12.4 Å². The predicted molar refractivity (Wildman–Crippen MR) is 61.0 cm³/mol. The Labute approximate surface area is 99.6 Å².